The van der Waals surface area contributed by atoms with Crippen LogP contribution in [0, 0.1) is 5.92 Å². The van der Waals surface area contributed by atoms with Crippen molar-refractivity contribution in [3.8, 4) is 0 Å². The van der Waals surface area contributed by atoms with E-state index in [1.807, 2.05) is 0 Å². The minimum Gasteiger partial charge on any atom is -0.378 e. The summed E-state index contributed by atoms with van der Waals surface area (Å²) in [6.07, 6.45) is 5.68. The Balaban J connectivity index is 1.93. The first-order valence-electron chi connectivity index (χ1n) is 6.07. The highest BCUT2D eigenvalue weighted by Crippen LogP contribution is 2.32. The molecule has 0 heterocycles. The molecule has 0 saturated heterocycles. The molecule has 2 heteroatoms. The number of hydrogen-bond acceptors (Lipinski definition) is 2. The van der Waals surface area contributed by atoms with Crippen LogP contribution in [-0.2, 0) is 4.74 Å². The molecule has 1 rings (SSSR count). The molecular formula is C12H25NO. The van der Waals surface area contributed by atoms with Crippen molar-refractivity contribution in [2.45, 2.75) is 58.6 Å². The minimum absolute atomic E-state index is 0.405. The summed E-state index contributed by atoms with van der Waals surface area (Å²) >= 11 is 0. The van der Waals surface area contributed by atoms with Gasteiger partial charge in [0.1, 0.15) is 0 Å². The van der Waals surface area contributed by atoms with E-state index in [4.69, 9.17) is 4.74 Å². The third kappa shape index (κ3) is 5.61. The quantitative estimate of drug-likeness (QED) is 0.649. The van der Waals surface area contributed by atoms with Crippen LogP contribution < -0.4 is 5.32 Å². The van der Waals surface area contributed by atoms with Crippen molar-refractivity contribution in [3.05, 3.63) is 0 Å². The number of ether oxygens (including phenoxy) is 1. The maximum Gasteiger partial charge on any atom is 0.0561 e. The maximum atomic E-state index is 5.77. The van der Waals surface area contributed by atoms with Crippen LogP contribution >= 0.6 is 0 Å². The molecule has 2 unspecified atom stereocenters. The Labute approximate surface area is 88.4 Å². The number of nitrogens with one attached hydrogen (secondary N) is 1. The topological polar surface area (TPSA) is 21.3 Å². The zero-order valence-electron chi connectivity index (χ0n) is 9.88. The van der Waals surface area contributed by atoms with Crippen LogP contribution in [0.5, 0.6) is 0 Å². The van der Waals surface area contributed by atoms with Gasteiger partial charge in [-0.25, -0.2) is 0 Å². The molecule has 84 valence electrons. The molecule has 1 aliphatic rings. The standard InChI is InChI=1S/C12H25NO/c1-4-13-10(2)9-11(3)14-8-7-12-5-6-12/h10-13H,4-9H2,1-3H3. The van der Waals surface area contributed by atoms with Crippen molar-refractivity contribution in [1.29, 1.82) is 0 Å². The molecular weight excluding hydrogens is 174 g/mol. The van der Waals surface area contributed by atoms with E-state index in [1.54, 1.807) is 0 Å². The van der Waals surface area contributed by atoms with Gasteiger partial charge in [-0.1, -0.05) is 19.8 Å². The Bertz CT molecular complexity index is 145. The second-order valence-electron chi connectivity index (χ2n) is 4.61. The molecule has 1 saturated carbocycles. The molecule has 0 amide bonds. The average molecular weight is 199 g/mol. The molecule has 1 aliphatic carbocycles. The number of rotatable bonds is 8. The predicted molar refractivity (Wildman–Crippen MR) is 60.5 cm³/mol. The summed E-state index contributed by atoms with van der Waals surface area (Å²) < 4.78 is 5.77. The molecule has 0 spiro atoms. The third-order valence-electron chi connectivity index (χ3n) is 2.86. The Hall–Kier alpha value is -0.0800. The summed E-state index contributed by atoms with van der Waals surface area (Å²) in [5.41, 5.74) is 0. The summed E-state index contributed by atoms with van der Waals surface area (Å²) in [6, 6.07) is 0.580. The van der Waals surface area contributed by atoms with E-state index in [0.29, 0.717) is 12.1 Å². The Kier molecular flexibility index (Phi) is 5.49. The summed E-state index contributed by atoms with van der Waals surface area (Å²) in [6.45, 7) is 8.57. The van der Waals surface area contributed by atoms with Gasteiger partial charge in [0.2, 0.25) is 0 Å². The molecule has 1 fully saturated rings. The maximum absolute atomic E-state index is 5.77. The molecule has 0 aliphatic heterocycles. The van der Waals surface area contributed by atoms with E-state index in [2.05, 4.69) is 26.1 Å². The zero-order chi connectivity index (χ0) is 10.4. The van der Waals surface area contributed by atoms with Gasteiger partial charge in [-0.3, -0.25) is 0 Å². The molecule has 0 radical (unpaired) electrons. The fraction of sp³-hybridized carbons (Fsp3) is 1.00. The van der Waals surface area contributed by atoms with Gasteiger partial charge in [0, 0.05) is 12.6 Å². The van der Waals surface area contributed by atoms with Gasteiger partial charge >= 0.3 is 0 Å². The van der Waals surface area contributed by atoms with E-state index in [-0.39, 0.29) is 0 Å². The van der Waals surface area contributed by atoms with Gasteiger partial charge in [-0.05, 0) is 39.2 Å². The Morgan fingerprint density at radius 3 is 2.64 bits per heavy atom. The second kappa shape index (κ2) is 6.41. The lowest BCUT2D eigenvalue weighted by Gasteiger charge is -2.18. The van der Waals surface area contributed by atoms with Crippen LogP contribution in [0.25, 0.3) is 0 Å². The highest BCUT2D eigenvalue weighted by molar-refractivity contribution is 4.72. The lowest BCUT2D eigenvalue weighted by Crippen LogP contribution is -2.29. The van der Waals surface area contributed by atoms with Gasteiger partial charge in [-0.2, -0.15) is 0 Å². The lowest BCUT2D eigenvalue weighted by molar-refractivity contribution is 0.0505. The molecule has 2 atom stereocenters. The van der Waals surface area contributed by atoms with Crippen LogP contribution in [0.1, 0.15) is 46.5 Å². The fourth-order valence-corrected chi connectivity index (χ4v) is 1.84. The van der Waals surface area contributed by atoms with E-state index in [0.717, 1.165) is 25.5 Å². The molecule has 0 aromatic rings. The molecule has 2 nitrogen and oxygen atoms in total. The van der Waals surface area contributed by atoms with Crippen molar-refractivity contribution in [2.75, 3.05) is 13.2 Å². The fourth-order valence-electron chi connectivity index (χ4n) is 1.84. The smallest absolute Gasteiger partial charge is 0.0561 e. The summed E-state index contributed by atoms with van der Waals surface area (Å²) in [5.74, 6) is 0.994. The molecule has 0 aromatic carbocycles. The van der Waals surface area contributed by atoms with Gasteiger partial charge in [0.05, 0.1) is 6.10 Å². The first-order chi connectivity index (χ1) is 6.72. The van der Waals surface area contributed by atoms with Crippen LogP contribution in [0.3, 0.4) is 0 Å². The zero-order valence-corrected chi connectivity index (χ0v) is 9.88. The minimum atomic E-state index is 0.405. The van der Waals surface area contributed by atoms with Crippen LogP contribution in [0.4, 0.5) is 0 Å². The van der Waals surface area contributed by atoms with E-state index >= 15 is 0 Å². The first kappa shape index (κ1) is 12.0. The molecule has 0 bridgehead atoms. The van der Waals surface area contributed by atoms with Gasteiger partial charge in [-0.15, -0.1) is 0 Å². The van der Waals surface area contributed by atoms with Crippen LogP contribution in [0.2, 0.25) is 0 Å². The predicted octanol–water partition coefficient (Wildman–Crippen LogP) is 2.58. The summed E-state index contributed by atoms with van der Waals surface area (Å²) in [7, 11) is 0. The monoisotopic (exact) mass is 199 g/mol. The highest BCUT2D eigenvalue weighted by Gasteiger charge is 2.20. The summed E-state index contributed by atoms with van der Waals surface area (Å²) in [5, 5.41) is 3.41. The average Bonchev–Trinajstić information content (AvgIpc) is 2.88. The Morgan fingerprint density at radius 2 is 2.07 bits per heavy atom. The highest BCUT2D eigenvalue weighted by atomic mass is 16.5. The van der Waals surface area contributed by atoms with Crippen LogP contribution in [-0.4, -0.2) is 25.3 Å². The molecule has 0 aromatic heterocycles. The van der Waals surface area contributed by atoms with Gasteiger partial charge < -0.3 is 10.1 Å². The second-order valence-corrected chi connectivity index (χ2v) is 4.61. The van der Waals surface area contributed by atoms with E-state index in [1.165, 1.54) is 19.3 Å². The third-order valence-corrected chi connectivity index (χ3v) is 2.86. The van der Waals surface area contributed by atoms with Crippen molar-refractivity contribution in [1.82, 2.24) is 5.32 Å². The normalized spacial score (nSPS) is 20.8. The van der Waals surface area contributed by atoms with Gasteiger partial charge in [0.25, 0.3) is 0 Å². The largest absolute Gasteiger partial charge is 0.378 e. The van der Waals surface area contributed by atoms with E-state index in [9.17, 15) is 0 Å². The van der Waals surface area contributed by atoms with Crippen molar-refractivity contribution in [2.24, 2.45) is 5.92 Å². The van der Waals surface area contributed by atoms with E-state index < -0.39 is 0 Å². The van der Waals surface area contributed by atoms with Crippen LogP contribution in [0.15, 0.2) is 0 Å². The van der Waals surface area contributed by atoms with Crippen molar-refractivity contribution < 1.29 is 4.74 Å². The lowest BCUT2D eigenvalue weighted by atomic mass is 10.1. The SMILES string of the molecule is CCNC(C)CC(C)OCCC1CC1. The Morgan fingerprint density at radius 1 is 1.36 bits per heavy atom. The van der Waals surface area contributed by atoms with Crippen molar-refractivity contribution in [3.63, 3.8) is 0 Å². The van der Waals surface area contributed by atoms with Crippen molar-refractivity contribution >= 4 is 0 Å². The first-order valence-corrected chi connectivity index (χ1v) is 6.07. The molecule has 1 N–H and O–H groups in total. The van der Waals surface area contributed by atoms with Gasteiger partial charge in [0.15, 0.2) is 0 Å². The molecule has 14 heavy (non-hydrogen) atoms. The summed E-state index contributed by atoms with van der Waals surface area (Å²) in [4.78, 5) is 0. The number of hydrogen-bond donors (Lipinski definition) is 1.